The van der Waals surface area contributed by atoms with Crippen molar-refractivity contribution in [3.63, 3.8) is 0 Å². The molecule has 0 fully saturated rings. The number of aromatic nitrogens is 3. The fourth-order valence-corrected chi connectivity index (χ4v) is 3.68. The summed E-state index contributed by atoms with van der Waals surface area (Å²) < 4.78 is 6.65. The monoisotopic (exact) mass is 394 g/mol. The lowest BCUT2D eigenvalue weighted by Crippen LogP contribution is -2.18. The number of non-ortho nitro benzene ring substituents is 1. The van der Waals surface area contributed by atoms with Gasteiger partial charge in [0.2, 0.25) is 0 Å². The zero-order valence-corrected chi connectivity index (χ0v) is 15.3. The number of hydrogen-bond acceptors (Lipinski definition) is 7. The molecule has 0 radical (unpaired) electrons. The minimum absolute atomic E-state index is 0.0148. The Balaban J connectivity index is 1.96. The van der Waals surface area contributed by atoms with E-state index < -0.39 is 11.0 Å². The quantitative estimate of drug-likeness (QED) is 0.268. The largest absolute Gasteiger partial charge is 0.465 e. The van der Waals surface area contributed by atoms with Crippen LogP contribution in [0.1, 0.15) is 11.7 Å². The van der Waals surface area contributed by atoms with Crippen molar-refractivity contribution in [2.45, 2.75) is 6.04 Å². The van der Waals surface area contributed by atoms with E-state index in [-0.39, 0.29) is 12.3 Å². The number of carbonyl (C=O) groups is 1. The average Bonchev–Trinajstić information content (AvgIpc) is 3.37. The first-order valence-corrected chi connectivity index (χ1v) is 9.28. The third-order valence-electron chi connectivity index (χ3n) is 4.36. The molecular weight excluding hydrogens is 380 g/mol. The maximum Gasteiger partial charge on any atom is 0.293 e. The highest BCUT2D eigenvalue weighted by atomic mass is 32.1. The zero-order valence-electron chi connectivity index (χ0n) is 14.5. The second-order valence-corrected chi connectivity index (χ2v) is 6.70. The third kappa shape index (κ3) is 3.23. The fraction of sp³-hybridized carbons (Fsp3) is 0.105. The van der Waals surface area contributed by atoms with Gasteiger partial charge in [-0.3, -0.25) is 19.6 Å². The molecule has 0 spiro atoms. The van der Waals surface area contributed by atoms with Crippen molar-refractivity contribution < 1.29 is 14.5 Å². The molecule has 9 heteroatoms. The maximum absolute atomic E-state index is 11.3. The van der Waals surface area contributed by atoms with E-state index in [9.17, 15) is 14.9 Å². The molecule has 2 aromatic carbocycles. The fourth-order valence-electron chi connectivity index (χ4n) is 3.08. The second-order valence-electron chi connectivity index (χ2n) is 5.98. The van der Waals surface area contributed by atoms with E-state index in [4.69, 9.17) is 9.84 Å². The van der Waals surface area contributed by atoms with Gasteiger partial charge in [-0.15, -0.1) is 11.3 Å². The van der Waals surface area contributed by atoms with E-state index in [1.165, 1.54) is 23.5 Å². The molecule has 0 bridgehead atoms. The zero-order chi connectivity index (χ0) is 19.5. The number of ether oxygens (including phenoxy) is 1. The van der Waals surface area contributed by atoms with Crippen LogP contribution in [0.5, 0.6) is 0 Å². The van der Waals surface area contributed by atoms with Crippen molar-refractivity contribution in [2.24, 2.45) is 0 Å². The number of nitro groups is 1. The molecule has 0 saturated heterocycles. The Morgan fingerprint density at radius 1 is 1.25 bits per heavy atom. The van der Waals surface area contributed by atoms with Crippen LogP contribution in [0.25, 0.3) is 22.2 Å². The number of hydrogen-bond donors (Lipinski definition) is 0. The van der Waals surface area contributed by atoms with Gasteiger partial charge in [0, 0.05) is 28.5 Å². The molecule has 8 nitrogen and oxygen atoms in total. The number of nitrogens with zero attached hydrogens (tertiary/aromatic N) is 4. The van der Waals surface area contributed by atoms with Crippen LogP contribution >= 0.6 is 11.3 Å². The van der Waals surface area contributed by atoms with Crippen LogP contribution < -0.4 is 0 Å². The Bertz CT molecular complexity index is 1130. The van der Waals surface area contributed by atoms with Gasteiger partial charge in [0.1, 0.15) is 18.3 Å². The summed E-state index contributed by atoms with van der Waals surface area (Å²) in [5.74, 6) is 0. The van der Waals surface area contributed by atoms with E-state index >= 15 is 0 Å². The van der Waals surface area contributed by atoms with Crippen molar-refractivity contribution >= 4 is 34.4 Å². The van der Waals surface area contributed by atoms with Gasteiger partial charge in [0.05, 0.1) is 21.6 Å². The van der Waals surface area contributed by atoms with Crippen molar-refractivity contribution in [1.82, 2.24) is 14.8 Å². The summed E-state index contributed by atoms with van der Waals surface area (Å²) in [6, 6.07) is 13.7. The van der Waals surface area contributed by atoms with Crippen LogP contribution in [-0.2, 0) is 9.53 Å². The Morgan fingerprint density at radius 2 is 2.07 bits per heavy atom. The van der Waals surface area contributed by atoms with Gasteiger partial charge in [-0.2, -0.15) is 5.10 Å². The molecule has 0 amide bonds. The lowest BCUT2D eigenvalue weighted by molar-refractivity contribution is -0.384. The number of rotatable bonds is 7. The van der Waals surface area contributed by atoms with Gasteiger partial charge in [-0.25, -0.2) is 4.98 Å². The minimum atomic E-state index is -0.501. The Morgan fingerprint density at radius 3 is 2.75 bits per heavy atom. The van der Waals surface area contributed by atoms with E-state index in [2.05, 4.69) is 4.98 Å². The number of benzene rings is 2. The van der Waals surface area contributed by atoms with Gasteiger partial charge >= 0.3 is 0 Å². The van der Waals surface area contributed by atoms with Crippen molar-refractivity contribution in [3.8, 4) is 11.3 Å². The summed E-state index contributed by atoms with van der Waals surface area (Å²) in [4.78, 5) is 26.0. The van der Waals surface area contributed by atoms with E-state index in [0.717, 1.165) is 10.9 Å². The second kappa shape index (κ2) is 7.57. The summed E-state index contributed by atoms with van der Waals surface area (Å²) in [6.45, 7) is 0.381. The first kappa shape index (κ1) is 17.8. The lowest BCUT2D eigenvalue weighted by Gasteiger charge is -2.15. The molecule has 4 aromatic rings. The van der Waals surface area contributed by atoms with Crippen LogP contribution in [0.2, 0.25) is 0 Å². The van der Waals surface area contributed by atoms with Gasteiger partial charge in [0.25, 0.3) is 12.2 Å². The topological polar surface area (TPSA) is 100 Å². The summed E-state index contributed by atoms with van der Waals surface area (Å²) >= 11 is 1.41. The van der Waals surface area contributed by atoms with Crippen LogP contribution in [0, 0.1) is 10.1 Å². The Labute approximate surface area is 163 Å². The molecular formula is C19H14N4O4S. The molecule has 28 heavy (non-hydrogen) atoms. The van der Waals surface area contributed by atoms with E-state index in [0.29, 0.717) is 23.4 Å². The first-order valence-electron chi connectivity index (χ1n) is 8.34. The van der Waals surface area contributed by atoms with Crippen molar-refractivity contribution in [2.75, 3.05) is 6.61 Å². The highest BCUT2D eigenvalue weighted by molar-refractivity contribution is 7.07. The molecule has 0 saturated carbocycles. The number of carbonyl (C=O) groups excluding carboxylic acids is 1. The standard InChI is InChI=1S/C19H14N4O4S/c24-12-27-9-18(16-10-28-11-20-16)22-17-8-14(23(25)26)6-7-15(17)19(21-22)13-4-2-1-3-5-13/h1-8,10-12,18H,9H2. The average molecular weight is 394 g/mol. The van der Waals surface area contributed by atoms with Crippen LogP contribution in [0.4, 0.5) is 5.69 Å². The van der Waals surface area contributed by atoms with Crippen molar-refractivity contribution in [1.29, 1.82) is 0 Å². The van der Waals surface area contributed by atoms with Gasteiger partial charge < -0.3 is 4.74 Å². The summed E-state index contributed by atoms with van der Waals surface area (Å²) in [7, 11) is 0. The predicted molar refractivity (Wildman–Crippen MR) is 104 cm³/mol. The smallest absolute Gasteiger partial charge is 0.293 e. The van der Waals surface area contributed by atoms with E-state index in [1.807, 2.05) is 35.7 Å². The molecule has 4 rings (SSSR count). The molecule has 1 atom stereocenters. The first-order chi connectivity index (χ1) is 13.7. The molecule has 0 aliphatic heterocycles. The predicted octanol–water partition coefficient (Wildman–Crippen LogP) is 3.83. The molecule has 1 unspecified atom stereocenters. The Hall–Kier alpha value is -3.59. The molecule has 2 heterocycles. The molecule has 2 aromatic heterocycles. The van der Waals surface area contributed by atoms with Crippen LogP contribution in [0.15, 0.2) is 59.4 Å². The highest BCUT2D eigenvalue weighted by Crippen LogP contribution is 2.33. The van der Waals surface area contributed by atoms with Crippen LogP contribution in [-0.4, -0.2) is 32.8 Å². The summed E-state index contributed by atoms with van der Waals surface area (Å²) in [5.41, 5.74) is 4.45. The lowest BCUT2D eigenvalue weighted by atomic mass is 10.1. The van der Waals surface area contributed by atoms with Gasteiger partial charge in [-0.1, -0.05) is 30.3 Å². The van der Waals surface area contributed by atoms with Gasteiger partial charge in [0.15, 0.2) is 0 Å². The SMILES string of the molecule is O=COCC(c1cscn1)n1nc(-c2ccccc2)c2ccc([N+](=O)[O-])cc21. The summed E-state index contributed by atoms with van der Waals surface area (Å²) in [5, 5.41) is 18.6. The van der Waals surface area contributed by atoms with Crippen LogP contribution in [0.3, 0.4) is 0 Å². The summed E-state index contributed by atoms with van der Waals surface area (Å²) in [6.07, 6.45) is 0. The molecule has 0 aliphatic carbocycles. The molecule has 0 N–H and O–H groups in total. The van der Waals surface area contributed by atoms with Crippen molar-refractivity contribution in [3.05, 3.63) is 75.2 Å². The van der Waals surface area contributed by atoms with E-state index in [1.54, 1.807) is 16.3 Å². The van der Waals surface area contributed by atoms with Gasteiger partial charge in [-0.05, 0) is 6.07 Å². The molecule has 0 aliphatic rings. The number of nitro benzene ring substituents is 1. The number of fused-ring (bicyclic) bond motifs is 1. The third-order valence-corrected chi connectivity index (χ3v) is 4.96. The maximum atomic E-state index is 11.3. The normalized spacial score (nSPS) is 12.0. The molecule has 140 valence electrons. The Kier molecular flexibility index (Phi) is 4.81. The highest BCUT2D eigenvalue weighted by Gasteiger charge is 2.24. The minimum Gasteiger partial charge on any atom is -0.465 e. The number of thiazole rings is 1.